The Balaban J connectivity index is 0.980. The molecule has 10 aromatic carbocycles. The second kappa shape index (κ2) is 13.7. The number of rotatable bonds is 6. The van der Waals surface area contributed by atoms with E-state index in [2.05, 4.69) is 229 Å². The van der Waals surface area contributed by atoms with Gasteiger partial charge in [0.2, 0.25) is 0 Å². The van der Waals surface area contributed by atoms with Crippen molar-refractivity contribution >= 4 is 43.4 Å². The molecule has 0 aliphatic heterocycles. The van der Waals surface area contributed by atoms with Gasteiger partial charge in [-0.05, 0) is 114 Å². The van der Waals surface area contributed by atoms with Crippen LogP contribution in [0.25, 0.3) is 105 Å². The van der Waals surface area contributed by atoms with Crippen molar-refractivity contribution in [3.05, 3.63) is 224 Å². The number of hydrogen-bond donors (Lipinski definition) is 0. The Hall–Kier alpha value is -7.48. The van der Waals surface area contributed by atoms with Gasteiger partial charge in [-0.25, -0.2) is 0 Å². The van der Waals surface area contributed by atoms with Crippen LogP contribution in [-0.4, -0.2) is 4.57 Å². The summed E-state index contributed by atoms with van der Waals surface area (Å²) < 4.78 is 2.41. The number of benzene rings is 10. The molecule has 0 atom stereocenters. The predicted octanol–water partition coefficient (Wildman–Crippen LogP) is 15.4. The van der Waals surface area contributed by atoms with Gasteiger partial charge in [0.15, 0.2) is 0 Å². The monoisotopic (exact) mass is 723 g/mol. The van der Waals surface area contributed by atoms with Gasteiger partial charge in [0.1, 0.15) is 0 Å². The van der Waals surface area contributed by atoms with E-state index >= 15 is 0 Å². The molecule has 0 N–H and O–H groups in total. The summed E-state index contributed by atoms with van der Waals surface area (Å²) in [6.07, 6.45) is 0. The van der Waals surface area contributed by atoms with E-state index in [0.29, 0.717) is 0 Å². The highest BCUT2D eigenvalue weighted by Gasteiger charge is 2.18. The number of para-hydroxylation sites is 1. The molecule has 1 nitrogen and oxygen atoms in total. The zero-order chi connectivity index (χ0) is 37.7. The Bertz CT molecular complexity index is 3190. The average Bonchev–Trinajstić information content (AvgIpc) is 3.62. The Morgan fingerprint density at radius 2 is 0.579 bits per heavy atom. The van der Waals surface area contributed by atoms with Crippen LogP contribution in [0.1, 0.15) is 0 Å². The molecule has 0 unspecified atom stereocenters. The van der Waals surface area contributed by atoms with Crippen molar-refractivity contribution in [2.24, 2.45) is 0 Å². The Morgan fingerprint density at radius 1 is 0.211 bits per heavy atom. The lowest BCUT2D eigenvalue weighted by Crippen LogP contribution is -1.94. The van der Waals surface area contributed by atoms with E-state index < -0.39 is 0 Å². The van der Waals surface area contributed by atoms with Crippen LogP contribution in [0.4, 0.5) is 0 Å². The van der Waals surface area contributed by atoms with Crippen molar-refractivity contribution in [2.75, 3.05) is 0 Å². The number of nitrogens with zero attached hydrogens (tertiary/aromatic N) is 1. The van der Waals surface area contributed by atoms with Crippen molar-refractivity contribution in [2.45, 2.75) is 0 Å². The normalized spacial score (nSPS) is 11.5. The van der Waals surface area contributed by atoms with E-state index in [1.165, 1.54) is 99.0 Å². The summed E-state index contributed by atoms with van der Waals surface area (Å²) in [5.74, 6) is 0. The third-order valence-electron chi connectivity index (χ3n) is 11.6. The van der Waals surface area contributed by atoms with E-state index in [1.54, 1.807) is 0 Å². The van der Waals surface area contributed by atoms with Crippen molar-refractivity contribution in [3.63, 3.8) is 0 Å². The number of hydrogen-bond acceptors (Lipinski definition) is 0. The molecule has 11 aromatic rings. The van der Waals surface area contributed by atoms with Gasteiger partial charge in [-0.3, -0.25) is 0 Å². The fraction of sp³-hybridized carbons (Fsp3) is 0. The summed E-state index contributed by atoms with van der Waals surface area (Å²) in [5.41, 5.74) is 15.9. The van der Waals surface area contributed by atoms with Crippen LogP contribution < -0.4 is 0 Å². The van der Waals surface area contributed by atoms with E-state index in [0.717, 1.165) is 5.69 Å². The Labute approximate surface area is 332 Å². The van der Waals surface area contributed by atoms with E-state index in [1.807, 2.05) is 0 Å². The second-order valence-electron chi connectivity index (χ2n) is 14.9. The van der Waals surface area contributed by atoms with Crippen LogP contribution in [-0.2, 0) is 0 Å². The molecule has 0 saturated carbocycles. The molecule has 0 aliphatic carbocycles. The molecule has 1 heteroatoms. The van der Waals surface area contributed by atoms with Gasteiger partial charge in [0.25, 0.3) is 0 Å². The maximum atomic E-state index is 2.41. The first-order chi connectivity index (χ1) is 28.3. The minimum atomic E-state index is 1.15. The molecule has 266 valence electrons. The summed E-state index contributed by atoms with van der Waals surface area (Å²) in [5, 5.41) is 7.57. The molecule has 1 heterocycles. The third kappa shape index (κ3) is 5.63. The first-order valence-electron chi connectivity index (χ1n) is 19.7. The Kier molecular flexibility index (Phi) is 7.89. The van der Waals surface area contributed by atoms with Crippen LogP contribution in [0.5, 0.6) is 0 Å². The fourth-order valence-electron chi connectivity index (χ4n) is 8.93. The third-order valence-corrected chi connectivity index (χ3v) is 11.6. The summed E-state index contributed by atoms with van der Waals surface area (Å²) in [4.78, 5) is 0. The zero-order valence-corrected chi connectivity index (χ0v) is 31.3. The van der Waals surface area contributed by atoms with Gasteiger partial charge in [0, 0.05) is 16.5 Å². The van der Waals surface area contributed by atoms with Crippen molar-refractivity contribution < 1.29 is 0 Å². The van der Waals surface area contributed by atoms with Gasteiger partial charge in [-0.15, -0.1) is 0 Å². The van der Waals surface area contributed by atoms with Crippen LogP contribution in [0.3, 0.4) is 0 Å². The highest BCUT2D eigenvalue weighted by molar-refractivity contribution is 6.21. The minimum Gasteiger partial charge on any atom is -0.309 e. The molecule has 0 bridgehead atoms. The van der Waals surface area contributed by atoms with Gasteiger partial charge in [-0.1, -0.05) is 188 Å². The van der Waals surface area contributed by atoms with Crippen LogP contribution in [0, 0.1) is 0 Å². The standard InChI is InChI=1S/C56H37N/c1-3-14-38(15-4-1)43-18-13-19-44(36-43)39-26-28-40(29-27-39)45-32-35-54-52(37-45)47-20-11-12-25-53(47)57(54)46-33-30-42(31-34-46)56-50-23-9-7-21-48(50)55(41-16-5-2-6-17-41)49-22-8-10-24-51(49)56/h1-37H. The molecule has 11 rings (SSSR count). The maximum absolute atomic E-state index is 2.41. The maximum Gasteiger partial charge on any atom is 0.0541 e. The summed E-state index contributed by atoms with van der Waals surface area (Å²) in [7, 11) is 0. The van der Waals surface area contributed by atoms with E-state index in [4.69, 9.17) is 0 Å². The highest BCUT2D eigenvalue weighted by Crippen LogP contribution is 2.44. The first-order valence-corrected chi connectivity index (χ1v) is 19.7. The van der Waals surface area contributed by atoms with E-state index in [-0.39, 0.29) is 0 Å². The topological polar surface area (TPSA) is 4.93 Å². The second-order valence-corrected chi connectivity index (χ2v) is 14.9. The summed E-state index contributed by atoms with van der Waals surface area (Å²) in [6, 6.07) is 81.8. The van der Waals surface area contributed by atoms with Gasteiger partial charge >= 0.3 is 0 Å². The predicted molar refractivity (Wildman–Crippen MR) is 243 cm³/mol. The molecular formula is C56H37N. The highest BCUT2D eigenvalue weighted by atomic mass is 15.0. The lowest BCUT2D eigenvalue weighted by Gasteiger charge is -2.18. The molecular weight excluding hydrogens is 687 g/mol. The Morgan fingerprint density at radius 3 is 1.14 bits per heavy atom. The quantitative estimate of drug-likeness (QED) is 0.151. The molecule has 0 radical (unpaired) electrons. The first kappa shape index (κ1) is 32.9. The van der Waals surface area contributed by atoms with Crippen molar-refractivity contribution in [1.29, 1.82) is 0 Å². The van der Waals surface area contributed by atoms with Crippen molar-refractivity contribution in [3.8, 4) is 61.3 Å². The molecule has 0 saturated heterocycles. The van der Waals surface area contributed by atoms with Gasteiger partial charge in [0.05, 0.1) is 11.0 Å². The fourth-order valence-corrected chi connectivity index (χ4v) is 8.93. The molecule has 0 aliphatic rings. The minimum absolute atomic E-state index is 1.15. The largest absolute Gasteiger partial charge is 0.309 e. The zero-order valence-electron chi connectivity index (χ0n) is 31.3. The average molecular weight is 724 g/mol. The molecule has 57 heavy (non-hydrogen) atoms. The smallest absolute Gasteiger partial charge is 0.0541 e. The number of fused-ring (bicyclic) bond motifs is 5. The van der Waals surface area contributed by atoms with Crippen LogP contribution >= 0.6 is 0 Å². The summed E-state index contributed by atoms with van der Waals surface area (Å²) >= 11 is 0. The molecule has 0 spiro atoms. The summed E-state index contributed by atoms with van der Waals surface area (Å²) in [6.45, 7) is 0. The molecule has 1 aromatic heterocycles. The van der Waals surface area contributed by atoms with Gasteiger partial charge < -0.3 is 4.57 Å². The molecule has 0 amide bonds. The van der Waals surface area contributed by atoms with E-state index in [9.17, 15) is 0 Å². The lowest BCUT2D eigenvalue weighted by atomic mass is 9.86. The van der Waals surface area contributed by atoms with Crippen LogP contribution in [0.15, 0.2) is 224 Å². The lowest BCUT2D eigenvalue weighted by molar-refractivity contribution is 1.18. The van der Waals surface area contributed by atoms with Crippen molar-refractivity contribution in [1.82, 2.24) is 4.57 Å². The SMILES string of the molecule is c1ccc(-c2cccc(-c3ccc(-c4ccc5c(c4)c4ccccc4n5-c4ccc(-c5c6ccccc6c(-c6ccccc6)c6ccccc56)cc4)cc3)c2)cc1. The van der Waals surface area contributed by atoms with Gasteiger partial charge in [-0.2, -0.15) is 0 Å². The number of aromatic nitrogens is 1. The van der Waals surface area contributed by atoms with Crippen LogP contribution in [0.2, 0.25) is 0 Å². The molecule has 0 fully saturated rings.